The number of methoxy groups -OCH3 is 1. The maximum Gasteiger partial charge on any atom is 0.225 e. The average Bonchev–Trinajstić information content (AvgIpc) is 2.79. The number of aromatic nitrogens is 1. The summed E-state index contributed by atoms with van der Waals surface area (Å²) >= 11 is 1.26. The van der Waals surface area contributed by atoms with Crippen LogP contribution in [0.5, 0.6) is 5.75 Å². The Morgan fingerprint density at radius 1 is 1.53 bits per heavy atom. The number of hydrogen-bond donors (Lipinski definition) is 2. The summed E-state index contributed by atoms with van der Waals surface area (Å²) in [5.74, 6) is 0.662. The summed E-state index contributed by atoms with van der Waals surface area (Å²) in [6.07, 6.45) is 0.411. The Morgan fingerprint density at radius 3 is 3.00 bits per heavy atom. The van der Waals surface area contributed by atoms with E-state index in [0.717, 1.165) is 11.3 Å². The SMILES string of the molecule is CCC(=O)Nc1nc(-c2cccc(OC)c2)c(N)s1. The third-order valence-electron chi connectivity index (χ3n) is 2.56. The zero-order valence-corrected chi connectivity index (χ0v) is 11.6. The number of thiazole rings is 1. The standard InChI is InChI=1S/C13H15N3O2S/c1-3-10(17)15-13-16-11(12(14)19-13)8-5-4-6-9(7-8)18-2/h4-7H,3,14H2,1-2H3,(H,15,16,17). The van der Waals surface area contributed by atoms with Gasteiger partial charge in [0, 0.05) is 12.0 Å². The highest BCUT2D eigenvalue weighted by Crippen LogP contribution is 2.34. The first-order valence-corrected chi connectivity index (χ1v) is 6.66. The first kappa shape index (κ1) is 13.4. The Bertz CT molecular complexity index is 595. The zero-order valence-electron chi connectivity index (χ0n) is 10.8. The summed E-state index contributed by atoms with van der Waals surface area (Å²) in [6, 6.07) is 7.49. The summed E-state index contributed by atoms with van der Waals surface area (Å²) in [7, 11) is 1.61. The fourth-order valence-corrected chi connectivity index (χ4v) is 2.34. The number of hydrogen-bond acceptors (Lipinski definition) is 5. The van der Waals surface area contributed by atoms with E-state index in [9.17, 15) is 4.79 Å². The molecule has 0 atom stereocenters. The van der Waals surface area contributed by atoms with Gasteiger partial charge in [0.05, 0.1) is 7.11 Å². The number of amides is 1. The maximum absolute atomic E-state index is 11.3. The predicted octanol–water partition coefficient (Wildman–Crippen LogP) is 2.75. The Hall–Kier alpha value is -2.08. The van der Waals surface area contributed by atoms with Crippen LogP contribution >= 0.6 is 11.3 Å². The van der Waals surface area contributed by atoms with Gasteiger partial charge in [0.15, 0.2) is 5.13 Å². The number of nitrogens with zero attached hydrogens (tertiary/aromatic N) is 1. The van der Waals surface area contributed by atoms with Gasteiger partial charge in [0.1, 0.15) is 16.4 Å². The Balaban J connectivity index is 2.31. The lowest BCUT2D eigenvalue weighted by molar-refractivity contribution is -0.115. The van der Waals surface area contributed by atoms with Gasteiger partial charge in [0.25, 0.3) is 0 Å². The monoisotopic (exact) mass is 277 g/mol. The van der Waals surface area contributed by atoms with Crippen LogP contribution in [0.2, 0.25) is 0 Å². The van der Waals surface area contributed by atoms with Crippen molar-refractivity contribution in [3.05, 3.63) is 24.3 Å². The van der Waals surface area contributed by atoms with Gasteiger partial charge < -0.3 is 15.8 Å². The molecule has 0 fully saturated rings. The van der Waals surface area contributed by atoms with Crippen LogP contribution in [0.3, 0.4) is 0 Å². The van der Waals surface area contributed by atoms with Gasteiger partial charge >= 0.3 is 0 Å². The Kier molecular flexibility index (Phi) is 4.01. The molecule has 0 bridgehead atoms. The van der Waals surface area contributed by atoms with Crippen LogP contribution in [0.1, 0.15) is 13.3 Å². The number of carbonyl (C=O) groups is 1. The van der Waals surface area contributed by atoms with E-state index in [0.29, 0.717) is 22.2 Å². The van der Waals surface area contributed by atoms with Crippen molar-refractivity contribution in [2.45, 2.75) is 13.3 Å². The summed E-state index contributed by atoms with van der Waals surface area (Å²) < 4.78 is 5.17. The van der Waals surface area contributed by atoms with Crippen LogP contribution in [0.25, 0.3) is 11.3 Å². The number of nitrogen functional groups attached to an aromatic ring is 1. The van der Waals surface area contributed by atoms with Crippen molar-refractivity contribution in [1.82, 2.24) is 4.98 Å². The van der Waals surface area contributed by atoms with E-state index in [1.54, 1.807) is 14.0 Å². The first-order chi connectivity index (χ1) is 9.13. The van der Waals surface area contributed by atoms with Crippen molar-refractivity contribution < 1.29 is 9.53 Å². The molecule has 0 saturated heterocycles. The lowest BCUT2D eigenvalue weighted by atomic mass is 10.1. The zero-order chi connectivity index (χ0) is 13.8. The molecule has 100 valence electrons. The molecule has 0 aliphatic carbocycles. The summed E-state index contributed by atoms with van der Waals surface area (Å²) in [6.45, 7) is 1.79. The van der Waals surface area contributed by atoms with Gasteiger partial charge in [-0.3, -0.25) is 4.79 Å². The van der Waals surface area contributed by atoms with Crippen LogP contribution in [0, 0.1) is 0 Å². The summed E-state index contributed by atoms with van der Waals surface area (Å²) in [5, 5.41) is 3.79. The molecule has 2 aromatic rings. The highest BCUT2D eigenvalue weighted by Gasteiger charge is 2.12. The number of ether oxygens (including phenoxy) is 1. The second-order valence-electron chi connectivity index (χ2n) is 3.87. The molecule has 6 heteroatoms. The van der Waals surface area contributed by atoms with Crippen LogP contribution in [0.15, 0.2) is 24.3 Å². The minimum absolute atomic E-state index is 0.0778. The van der Waals surface area contributed by atoms with E-state index in [2.05, 4.69) is 10.3 Å². The molecule has 0 aliphatic heterocycles. The van der Waals surface area contributed by atoms with E-state index >= 15 is 0 Å². The molecule has 19 heavy (non-hydrogen) atoms. The van der Waals surface area contributed by atoms with E-state index in [1.807, 2.05) is 24.3 Å². The minimum Gasteiger partial charge on any atom is -0.497 e. The van der Waals surface area contributed by atoms with Gasteiger partial charge in [-0.15, -0.1) is 0 Å². The van der Waals surface area contributed by atoms with Crippen molar-refractivity contribution in [2.75, 3.05) is 18.2 Å². The van der Waals surface area contributed by atoms with Crippen LogP contribution in [0.4, 0.5) is 10.1 Å². The van der Waals surface area contributed by atoms with Crippen molar-refractivity contribution in [3.8, 4) is 17.0 Å². The van der Waals surface area contributed by atoms with Crippen LogP contribution in [-0.4, -0.2) is 18.0 Å². The molecule has 1 aromatic heterocycles. The molecule has 2 rings (SSSR count). The molecule has 0 spiro atoms. The number of anilines is 2. The molecule has 0 radical (unpaired) electrons. The fourth-order valence-electron chi connectivity index (χ4n) is 1.57. The van der Waals surface area contributed by atoms with E-state index in [1.165, 1.54) is 11.3 Å². The molecule has 1 amide bonds. The van der Waals surface area contributed by atoms with E-state index in [-0.39, 0.29) is 5.91 Å². The van der Waals surface area contributed by atoms with Crippen LogP contribution < -0.4 is 15.8 Å². The maximum atomic E-state index is 11.3. The molecule has 0 unspecified atom stereocenters. The number of rotatable bonds is 4. The largest absolute Gasteiger partial charge is 0.497 e. The smallest absolute Gasteiger partial charge is 0.225 e. The van der Waals surface area contributed by atoms with Gasteiger partial charge in [-0.05, 0) is 12.1 Å². The first-order valence-electron chi connectivity index (χ1n) is 5.84. The molecule has 3 N–H and O–H groups in total. The Labute approximate surface area is 115 Å². The van der Waals surface area contributed by atoms with Crippen molar-refractivity contribution >= 4 is 27.4 Å². The molecule has 1 heterocycles. The van der Waals surface area contributed by atoms with Gasteiger partial charge in [-0.25, -0.2) is 4.98 Å². The normalized spacial score (nSPS) is 10.2. The second-order valence-corrected chi connectivity index (χ2v) is 4.90. The molecule has 5 nitrogen and oxygen atoms in total. The number of nitrogens with two attached hydrogens (primary N) is 1. The molecular formula is C13H15N3O2S. The second kappa shape index (κ2) is 5.71. The summed E-state index contributed by atoms with van der Waals surface area (Å²) in [4.78, 5) is 15.7. The third kappa shape index (κ3) is 3.03. The van der Waals surface area contributed by atoms with Gasteiger partial charge in [-0.2, -0.15) is 0 Å². The Morgan fingerprint density at radius 2 is 2.32 bits per heavy atom. The quantitative estimate of drug-likeness (QED) is 0.900. The van der Waals surface area contributed by atoms with Crippen molar-refractivity contribution in [2.24, 2.45) is 0 Å². The average molecular weight is 277 g/mol. The van der Waals surface area contributed by atoms with Crippen molar-refractivity contribution in [3.63, 3.8) is 0 Å². The lowest BCUT2D eigenvalue weighted by Gasteiger charge is -2.02. The molecular weight excluding hydrogens is 262 g/mol. The lowest BCUT2D eigenvalue weighted by Crippen LogP contribution is -2.08. The van der Waals surface area contributed by atoms with Crippen LogP contribution in [-0.2, 0) is 4.79 Å². The fraction of sp³-hybridized carbons (Fsp3) is 0.231. The predicted molar refractivity (Wildman–Crippen MR) is 77.4 cm³/mol. The van der Waals surface area contributed by atoms with E-state index in [4.69, 9.17) is 10.5 Å². The molecule has 0 aliphatic rings. The number of carbonyl (C=O) groups excluding carboxylic acids is 1. The van der Waals surface area contributed by atoms with Crippen molar-refractivity contribution in [1.29, 1.82) is 0 Å². The molecule has 0 saturated carbocycles. The minimum atomic E-state index is -0.0778. The topological polar surface area (TPSA) is 77.2 Å². The van der Waals surface area contributed by atoms with Gasteiger partial charge in [0.2, 0.25) is 5.91 Å². The number of benzene rings is 1. The molecule has 1 aromatic carbocycles. The van der Waals surface area contributed by atoms with E-state index < -0.39 is 0 Å². The summed E-state index contributed by atoms with van der Waals surface area (Å²) in [5.41, 5.74) is 7.47. The number of nitrogens with one attached hydrogen (secondary N) is 1. The highest BCUT2D eigenvalue weighted by molar-refractivity contribution is 7.20. The highest BCUT2D eigenvalue weighted by atomic mass is 32.1. The third-order valence-corrected chi connectivity index (χ3v) is 3.36. The van der Waals surface area contributed by atoms with Gasteiger partial charge in [-0.1, -0.05) is 30.4 Å².